The van der Waals surface area contributed by atoms with Crippen molar-refractivity contribution >= 4 is 0 Å². The van der Waals surface area contributed by atoms with E-state index < -0.39 is 0 Å². The topological polar surface area (TPSA) is 23.8 Å². The molecule has 0 aromatic heterocycles. The standard InChI is InChI=1S/C11H13N.C2H6/c1-9(2)7-10-3-5-11(8-12)6-4-10;1-2/h3-6,9H,7H2,1-2H3;1-2H3. The Morgan fingerprint density at radius 1 is 1.14 bits per heavy atom. The fraction of sp³-hybridized carbons (Fsp3) is 0.462. The molecular formula is C13H19N. The van der Waals surface area contributed by atoms with Gasteiger partial charge in [0.05, 0.1) is 11.6 Å². The van der Waals surface area contributed by atoms with E-state index in [-0.39, 0.29) is 0 Å². The van der Waals surface area contributed by atoms with Crippen LogP contribution in [0.3, 0.4) is 0 Å². The van der Waals surface area contributed by atoms with E-state index in [0.29, 0.717) is 5.92 Å². The first-order valence-electron chi connectivity index (χ1n) is 5.21. The van der Waals surface area contributed by atoms with Crippen molar-refractivity contribution in [2.75, 3.05) is 0 Å². The molecule has 0 saturated carbocycles. The zero-order chi connectivity index (χ0) is 11.0. The maximum Gasteiger partial charge on any atom is 0.0991 e. The Hall–Kier alpha value is -1.29. The molecular weight excluding hydrogens is 170 g/mol. The van der Waals surface area contributed by atoms with Gasteiger partial charge < -0.3 is 0 Å². The largest absolute Gasteiger partial charge is 0.192 e. The highest BCUT2D eigenvalue weighted by atomic mass is 14.2. The van der Waals surface area contributed by atoms with Crippen molar-refractivity contribution in [2.24, 2.45) is 5.92 Å². The van der Waals surface area contributed by atoms with Crippen LogP contribution in [0.25, 0.3) is 0 Å². The Kier molecular flexibility index (Phi) is 6.49. The molecule has 0 unspecified atom stereocenters. The number of nitriles is 1. The van der Waals surface area contributed by atoms with Crippen LogP contribution in [0.15, 0.2) is 24.3 Å². The summed E-state index contributed by atoms with van der Waals surface area (Å²) in [7, 11) is 0. The molecule has 1 rings (SSSR count). The van der Waals surface area contributed by atoms with Crippen molar-refractivity contribution in [1.82, 2.24) is 0 Å². The molecule has 0 aliphatic carbocycles. The number of hydrogen-bond acceptors (Lipinski definition) is 1. The third-order valence-electron chi connectivity index (χ3n) is 1.73. The highest BCUT2D eigenvalue weighted by molar-refractivity contribution is 5.31. The summed E-state index contributed by atoms with van der Waals surface area (Å²) in [4.78, 5) is 0. The molecule has 1 heteroatoms. The predicted molar refractivity (Wildman–Crippen MR) is 61.0 cm³/mol. The number of benzene rings is 1. The van der Waals surface area contributed by atoms with Gasteiger partial charge in [0, 0.05) is 0 Å². The van der Waals surface area contributed by atoms with Gasteiger partial charge in [0.1, 0.15) is 0 Å². The molecule has 0 N–H and O–H groups in total. The lowest BCUT2D eigenvalue weighted by Crippen LogP contribution is -1.93. The van der Waals surface area contributed by atoms with Crippen LogP contribution in [0.5, 0.6) is 0 Å². The van der Waals surface area contributed by atoms with Crippen LogP contribution < -0.4 is 0 Å². The van der Waals surface area contributed by atoms with Crippen LogP contribution in [-0.4, -0.2) is 0 Å². The lowest BCUT2D eigenvalue weighted by molar-refractivity contribution is 0.647. The van der Waals surface area contributed by atoms with E-state index in [4.69, 9.17) is 5.26 Å². The summed E-state index contributed by atoms with van der Waals surface area (Å²) in [5.41, 5.74) is 2.05. The molecule has 0 bridgehead atoms. The minimum absolute atomic E-state index is 0.679. The van der Waals surface area contributed by atoms with E-state index in [1.54, 1.807) is 0 Å². The van der Waals surface area contributed by atoms with Crippen LogP contribution in [-0.2, 0) is 6.42 Å². The van der Waals surface area contributed by atoms with Gasteiger partial charge >= 0.3 is 0 Å². The minimum Gasteiger partial charge on any atom is -0.192 e. The van der Waals surface area contributed by atoms with Gasteiger partial charge in [-0.3, -0.25) is 0 Å². The molecule has 1 aromatic rings. The van der Waals surface area contributed by atoms with Gasteiger partial charge in [-0.25, -0.2) is 0 Å². The SMILES string of the molecule is CC.CC(C)Cc1ccc(C#N)cc1. The predicted octanol–water partition coefficient (Wildman–Crippen LogP) is 3.78. The molecule has 0 aliphatic rings. The smallest absolute Gasteiger partial charge is 0.0991 e. The van der Waals surface area contributed by atoms with E-state index in [1.807, 2.05) is 38.1 Å². The highest BCUT2D eigenvalue weighted by Gasteiger charge is 1.96. The lowest BCUT2D eigenvalue weighted by atomic mass is 10.0. The minimum atomic E-state index is 0.679. The second-order valence-corrected chi connectivity index (χ2v) is 3.41. The fourth-order valence-corrected chi connectivity index (χ4v) is 1.19. The van der Waals surface area contributed by atoms with Gasteiger partial charge in [0.25, 0.3) is 0 Å². The van der Waals surface area contributed by atoms with Gasteiger partial charge in [0.15, 0.2) is 0 Å². The summed E-state index contributed by atoms with van der Waals surface area (Å²) in [6.07, 6.45) is 1.09. The molecule has 0 radical (unpaired) electrons. The molecule has 0 atom stereocenters. The second-order valence-electron chi connectivity index (χ2n) is 3.41. The normalized spacial score (nSPS) is 8.86. The van der Waals surface area contributed by atoms with Crippen LogP contribution in [0.1, 0.15) is 38.8 Å². The molecule has 76 valence electrons. The molecule has 1 aromatic carbocycles. The fourth-order valence-electron chi connectivity index (χ4n) is 1.19. The maximum atomic E-state index is 8.56. The number of hydrogen-bond donors (Lipinski definition) is 0. The Bertz CT molecular complexity index is 277. The Morgan fingerprint density at radius 3 is 2.00 bits per heavy atom. The van der Waals surface area contributed by atoms with Crippen LogP contribution in [0.4, 0.5) is 0 Å². The van der Waals surface area contributed by atoms with Gasteiger partial charge in [-0.05, 0) is 30.0 Å². The summed E-state index contributed by atoms with van der Waals surface area (Å²) < 4.78 is 0. The van der Waals surface area contributed by atoms with Gasteiger partial charge in [0.2, 0.25) is 0 Å². The average molecular weight is 189 g/mol. The zero-order valence-electron chi connectivity index (χ0n) is 9.54. The summed E-state index contributed by atoms with van der Waals surface area (Å²) in [5, 5.41) is 8.56. The van der Waals surface area contributed by atoms with Gasteiger partial charge in [-0.1, -0.05) is 39.8 Å². The van der Waals surface area contributed by atoms with E-state index >= 15 is 0 Å². The molecule has 0 spiro atoms. The van der Waals surface area contributed by atoms with E-state index in [1.165, 1.54) is 5.56 Å². The van der Waals surface area contributed by atoms with Crippen molar-refractivity contribution in [2.45, 2.75) is 34.1 Å². The van der Waals surface area contributed by atoms with Crippen molar-refractivity contribution in [3.05, 3.63) is 35.4 Å². The van der Waals surface area contributed by atoms with Crippen molar-refractivity contribution < 1.29 is 0 Å². The third-order valence-corrected chi connectivity index (χ3v) is 1.73. The first-order chi connectivity index (χ1) is 6.72. The van der Waals surface area contributed by atoms with Crippen molar-refractivity contribution in [3.63, 3.8) is 0 Å². The summed E-state index contributed by atoms with van der Waals surface area (Å²) in [5.74, 6) is 0.679. The van der Waals surface area contributed by atoms with Crippen LogP contribution in [0.2, 0.25) is 0 Å². The van der Waals surface area contributed by atoms with E-state index in [0.717, 1.165) is 12.0 Å². The molecule has 0 fully saturated rings. The van der Waals surface area contributed by atoms with Crippen LogP contribution in [0, 0.1) is 17.2 Å². The molecule has 0 heterocycles. The number of rotatable bonds is 2. The lowest BCUT2D eigenvalue weighted by Gasteiger charge is -2.03. The molecule has 0 aliphatic heterocycles. The Balaban J connectivity index is 0.000000791. The monoisotopic (exact) mass is 189 g/mol. The zero-order valence-corrected chi connectivity index (χ0v) is 9.54. The second kappa shape index (κ2) is 7.15. The molecule has 0 saturated heterocycles. The summed E-state index contributed by atoms with van der Waals surface area (Å²) in [6, 6.07) is 9.91. The average Bonchev–Trinajstić information content (AvgIpc) is 2.21. The molecule has 14 heavy (non-hydrogen) atoms. The van der Waals surface area contributed by atoms with Crippen molar-refractivity contribution in [3.8, 4) is 6.07 Å². The summed E-state index contributed by atoms with van der Waals surface area (Å²) in [6.45, 7) is 8.39. The van der Waals surface area contributed by atoms with Gasteiger partial charge in [-0.15, -0.1) is 0 Å². The van der Waals surface area contributed by atoms with Crippen LogP contribution >= 0.6 is 0 Å². The third kappa shape index (κ3) is 4.67. The summed E-state index contributed by atoms with van der Waals surface area (Å²) >= 11 is 0. The van der Waals surface area contributed by atoms with E-state index in [2.05, 4.69) is 19.9 Å². The van der Waals surface area contributed by atoms with E-state index in [9.17, 15) is 0 Å². The number of nitrogens with zero attached hydrogens (tertiary/aromatic N) is 1. The Morgan fingerprint density at radius 2 is 1.64 bits per heavy atom. The quantitative estimate of drug-likeness (QED) is 0.694. The van der Waals surface area contributed by atoms with Crippen molar-refractivity contribution in [1.29, 1.82) is 5.26 Å². The highest BCUT2D eigenvalue weighted by Crippen LogP contribution is 2.08. The first kappa shape index (κ1) is 12.7. The first-order valence-corrected chi connectivity index (χ1v) is 5.21. The molecule has 0 amide bonds. The maximum absolute atomic E-state index is 8.56. The Labute approximate surface area is 87.4 Å². The van der Waals surface area contributed by atoms with Gasteiger partial charge in [-0.2, -0.15) is 5.26 Å². The molecule has 1 nitrogen and oxygen atoms in total.